The van der Waals surface area contributed by atoms with Crippen LogP contribution in [0.4, 0.5) is 5.69 Å². The third-order valence-corrected chi connectivity index (χ3v) is 3.08. The largest absolute Gasteiger partial charge is 0.482 e. The summed E-state index contributed by atoms with van der Waals surface area (Å²) in [5, 5.41) is 2.69. The highest BCUT2D eigenvalue weighted by molar-refractivity contribution is 5.92. The number of para-hydroxylation sites is 1. The molecule has 0 saturated heterocycles. The molecular weight excluding hydrogens is 294 g/mol. The first-order valence-corrected chi connectivity index (χ1v) is 7.39. The van der Waals surface area contributed by atoms with Gasteiger partial charge in [0.15, 0.2) is 13.2 Å². The zero-order valence-electron chi connectivity index (χ0n) is 13.0. The summed E-state index contributed by atoms with van der Waals surface area (Å²) in [7, 11) is 0. The van der Waals surface area contributed by atoms with Crippen molar-refractivity contribution in [2.45, 2.75) is 13.3 Å². The first-order valence-electron chi connectivity index (χ1n) is 7.39. The summed E-state index contributed by atoms with van der Waals surface area (Å²) in [5.41, 5.74) is 1.81. The van der Waals surface area contributed by atoms with Crippen LogP contribution in [0.1, 0.15) is 12.5 Å². The van der Waals surface area contributed by atoms with Crippen molar-refractivity contribution in [1.29, 1.82) is 0 Å². The van der Waals surface area contributed by atoms with Gasteiger partial charge in [0.25, 0.3) is 5.91 Å². The highest BCUT2D eigenvalue weighted by atomic mass is 16.6. The fourth-order valence-corrected chi connectivity index (χ4v) is 1.91. The van der Waals surface area contributed by atoms with Crippen molar-refractivity contribution in [3.63, 3.8) is 0 Å². The van der Waals surface area contributed by atoms with Gasteiger partial charge in [-0.15, -0.1) is 0 Å². The molecule has 2 aromatic carbocycles. The number of benzene rings is 2. The maximum Gasteiger partial charge on any atom is 0.344 e. The monoisotopic (exact) mass is 313 g/mol. The lowest BCUT2D eigenvalue weighted by atomic mass is 10.1. The SMILES string of the molecule is CCc1cccc(NC(=O)COC(=O)COc2ccccc2)c1. The van der Waals surface area contributed by atoms with E-state index in [1.54, 1.807) is 30.3 Å². The summed E-state index contributed by atoms with van der Waals surface area (Å²) >= 11 is 0. The third-order valence-electron chi connectivity index (χ3n) is 3.08. The summed E-state index contributed by atoms with van der Waals surface area (Å²) in [6, 6.07) is 16.5. The molecule has 0 aliphatic heterocycles. The summed E-state index contributed by atoms with van der Waals surface area (Å²) in [4.78, 5) is 23.3. The Bertz CT molecular complexity index is 655. The topological polar surface area (TPSA) is 64.6 Å². The number of nitrogens with one attached hydrogen (secondary N) is 1. The molecule has 0 aliphatic rings. The van der Waals surface area contributed by atoms with Crippen LogP contribution in [0, 0.1) is 0 Å². The predicted molar refractivity (Wildman–Crippen MR) is 87.3 cm³/mol. The molecule has 0 bridgehead atoms. The van der Waals surface area contributed by atoms with E-state index in [-0.39, 0.29) is 19.1 Å². The number of hydrogen-bond acceptors (Lipinski definition) is 4. The summed E-state index contributed by atoms with van der Waals surface area (Å²) in [6.07, 6.45) is 0.884. The Kier molecular flexibility index (Phi) is 6.17. The number of ether oxygens (including phenoxy) is 2. The van der Waals surface area contributed by atoms with Crippen molar-refractivity contribution in [1.82, 2.24) is 0 Å². The molecular formula is C18H19NO4. The number of anilines is 1. The molecule has 0 spiro atoms. The molecule has 2 rings (SSSR count). The van der Waals surface area contributed by atoms with Gasteiger partial charge in [-0.1, -0.05) is 37.3 Å². The smallest absolute Gasteiger partial charge is 0.344 e. The lowest BCUT2D eigenvalue weighted by Gasteiger charge is -2.08. The van der Waals surface area contributed by atoms with Gasteiger partial charge >= 0.3 is 5.97 Å². The van der Waals surface area contributed by atoms with Crippen LogP contribution in [0.25, 0.3) is 0 Å². The van der Waals surface area contributed by atoms with Gasteiger partial charge in [-0.05, 0) is 36.2 Å². The number of rotatable bonds is 7. The van der Waals surface area contributed by atoms with Crippen molar-refractivity contribution in [3.05, 3.63) is 60.2 Å². The Hall–Kier alpha value is -2.82. The van der Waals surface area contributed by atoms with E-state index in [0.29, 0.717) is 11.4 Å². The number of amides is 1. The second-order valence-corrected chi connectivity index (χ2v) is 4.86. The van der Waals surface area contributed by atoms with E-state index in [1.165, 1.54) is 0 Å². The van der Waals surface area contributed by atoms with Crippen molar-refractivity contribution < 1.29 is 19.1 Å². The predicted octanol–water partition coefficient (Wildman–Crippen LogP) is 2.81. The maximum atomic E-state index is 11.8. The molecule has 0 fully saturated rings. The molecule has 0 saturated carbocycles. The first-order chi connectivity index (χ1) is 11.2. The molecule has 0 atom stereocenters. The van der Waals surface area contributed by atoms with E-state index >= 15 is 0 Å². The Morgan fingerprint density at radius 3 is 2.52 bits per heavy atom. The fourth-order valence-electron chi connectivity index (χ4n) is 1.91. The minimum atomic E-state index is -0.591. The molecule has 0 radical (unpaired) electrons. The Morgan fingerprint density at radius 1 is 1.00 bits per heavy atom. The lowest BCUT2D eigenvalue weighted by molar-refractivity contribution is -0.149. The summed E-state index contributed by atoms with van der Waals surface area (Å²) in [6.45, 7) is 1.46. The van der Waals surface area contributed by atoms with E-state index in [0.717, 1.165) is 12.0 Å². The quantitative estimate of drug-likeness (QED) is 0.798. The molecule has 0 aromatic heterocycles. The molecule has 120 valence electrons. The minimum Gasteiger partial charge on any atom is -0.482 e. The van der Waals surface area contributed by atoms with Crippen LogP contribution in [0.3, 0.4) is 0 Å². The maximum absolute atomic E-state index is 11.8. The van der Waals surface area contributed by atoms with E-state index in [2.05, 4.69) is 5.32 Å². The molecule has 1 N–H and O–H groups in total. The highest BCUT2D eigenvalue weighted by Crippen LogP contribution is 2.11. The first kappa shape index (κ1) is 16.5. The second kappa shape index (κ2) is 8.58. The molecule has 0 unspecified atom stereocenters. The Balaban J connectivity index is 1.72. The van der Waals surface area contributed by atoms with Gasteiger partial charge in [-0.25, -0.2) is 4.79 Å². The van der Waals surface area contributed by atoms with Gasteiger partial charge in [0.1, 0.15) is 5.75 Å². The van der Waals surface area contributed by atoms with Crippen molar-refractivity contribution >= 4 is 17.6 Å². The molecule has 0 aliphatic carbocycles. The minimum absolute atomic E-state index is 0.234. The lowest BCUT2D eigenvalue weighted by Crippen LogP contribution is -2.23. The molecule has 1 amide bonds. The van der Waals surface area contributed by atoms with E-state index in [9.17, 15) is 9.59 Å². The number of esters is 1. The standard InChI is InChI=1S/C18H19NO4/c1-2-14-7-6-8-15(11-14)19-17(20)12-23-18(21)13-22-16-9-4-3-5-10-16/h3-11H,2,12-13H2,1H3,(H,19,20). The Labute approximate surface area is 135 Å². The zero-order chi connectivity index (χ0) is 16.5. The normalized spacial score (nSPS) is 9.96. The van der Waals surface area contributed by atoms with Gasteiger partial charge in [-0.3, -0.25) is 4.79 Å². The second-order valence-electron chi connectivity index (χ2n) is 4.86. The van der Waals surface area contributed by atoms with Crippen molar-refractivity contribution in [2.75, 3.05) is 18.5 Å². The van der Waals surface area contributed by atoms with Gasteiger partial charge < -0.3 is 14.8 Å². The third kappa shape index (κ3) is 5.82. The van der Waals surface area contributed by atoms with Gasteiger partial charge in [-0.2, -0.15) is 0 Å². The van der Waals surface area contributed by atoms with Crippen LogP contribution in [0.15, 0.2) is 54.6 Å². The molecule has 5 heteroatoms. The number of hydrogen-bond donors (Lipinski definition) is 1. The van der Waals surface area contributed by atoms with E-state index in [1.807, 2.05) is 31.2 Å². The Morgan fingerprint density at radius 2 is 1.78 bits per heavy atom. The van der Waals surface area contributed by atoms with Gasteiger partial charge in [0.2, 0.25) is 0 Å². The van der Waals surface area contributed by atoms with Crippen LogP contribution in [0.5, 0.6) is 5.75 Å². The molecule has 5 nitrogen and oxygen atoms in total. The summed E-state index contributed by atoms with van der Waals surface area (Å²) in [5.74, 6) is -0.400. The zero-order valence-corrected chi connectivity index (χ0v) is 13.0. The average Bonchev–Trinajstić information content (AvgIpc) is 2.59. The van der Waals surface area contributed by atoms with Crippen LogP contribution < -0.4 is 10.1 Å². The van der Waals surface area contributed by atoms with Gasteiger partial charge in [0.05, 0.1) is 0 Å². The average molecular weight is 313 g/mol. The fraction of sp³-hybridized carbons (Fsp3) is 0.222. The summed E-state index contributed by atoms with van der Waals surface area (Å²) < 4.78 is 10.1. The van der Waals surface area contributed by atoms with Gasteiger partial charge in [0, 0.05) is 5.69 Å². The highest BCUT2D eigenvalue weighted by Gasteiger charge is 2.09. The van der Waals surface area contributed by atoms with Crippen LogP contribution in [-0.2, 0) is 20.7 Å². The van der Waals surface area contributed by atoms with Crippen LogP contribution in [0.2, 0.25) is 0 Å². The van der Waals surface area contributed by atoms with E-state index < -0.39 is 5.97 Å². The molecule has 23 heavy (non-hydrogen) atoms. The number of carbonyl (C=O) groups is 2. The number of aryl methyl sites for hydroxylation is 1. The number of carbonyl (C=O) groups excluding carboxylic acids is 2. The van der Waals surface area contributed by atoms with Crippen molar-refractivity contribution in [2.24, 2.45) is 0 Å². The van der Waals surface area contributed by atoms with Crippen LogP contribution in [-0.4, -0.2) is 25.1 Å². The molecule has 2 aromatic rings. The van der Waals surface area contributed by atoms with Crippen LogP contribution >= 0.6 is 0 Å². The van der Waals surface area contributed by atoms with Crippen molar-refractivity contribution in [3.8, 4) is 5.75 Å². The van der Waals surface area contributed by atoms with E-state index in [4.69, 9.17) is 9.47 Å². The molecule has 0 heterocycles.